The summed E-state index contributed by atoms with van der Waals surface area (Å²) in [5.74, 6) is 0. The van der Waals surface area contributed by atoms with Gasteiger partial charge in [-0.25, -0.2) is 0 Å². The second-order valence-corrected chi connectivity index (χ2v) is 34.0. The van der Waals surface area contributed by atoms with Crippen molar-refractivity contribution >= 4 is 187 Å². The fraction of sp³-hybridized carbons (Fsp3) is 0.0172. The summed E-state index contributed by atoms with van der Waals surface area (Å²) in [6.45, 7) is 0. The SMILES string of the molecule is Brc1ccc2c(c1)C(c1ccccc1)(c1ccccc1)c1cc(Br)c3c(oc4ccccc43)c1-2.c1ccc(N(c2ccc3c(c2)C(c2ccccc2)(c2ccccc2)c2cc(N(c4ccccc4)c4cccc5c4oc4ccccc45)c4c(oc5ccccc54)c2-3)c2cccc3c2oc2ccccc23)cc1.c1ccc(Nc2cccc3c2oc2ccccc23)cc1. The van der Waals surface area contributed by atoms with Gasteiger partial charge in [-0.2, -0.15) is 0 Å². The number of hydrogen-bond acceptors (Lipinski definition) is 8. The van der Waals surface area contributed by atoms with Gasteiger partial charge >= 0.3 is 0 Å². The van der Waals surface area contributed by atoms with Crippen LogP contribution in [-0.4, -0.2) is 0 Å². The topological polar surface area (TPSA) is 84.2 Å². The molecule has 126 heavy (non-hydrogen) atoms. The van der Waals surface area contributed by atoms with Crippen LogP contribution in [0.4, 0.5) is 45.5 Å². The lowest BCUT2D eigenvalue weighted by atomic mass is 9.67. The zero-order chi connectivity index (χ0) is 83.6. The van der Waals surface area contributed by atoms with E-state index in [9.17, 15) is 0 Å². The highest BCUT2D eigenvalue weighted by atomic mass is 79.9. The quantitative estimate of drug-likeness (QED) is 0.130. The molecule has 26 rings (SSSR count). The summed E-state index contributed by atoms with van der Waals surface area (Å²) in [5.41, 5.74) is 29.4. The Morgan fingerprint density at radius 2 is 0.579 bits per heavy atom. The Hall–Kier alpha value is -15.5. The van der Waals surface area contributed by atoms with Gasteiger partial charge in [0, 0.05) is 91.3 Å². The second-order valence-electron chi connectivity index (χ2n) is 32.2. The Bertz CT molecular complexity index is 8280. The third-order valence-electron chi connectivity index (χ3n) is 25.4. The van der Waals surface area contributed by atoms with Gasteiger partial charge in [-0.3, -0.25) is 0 Å². The summed E-state index contributed by atoms with van der Waals surface area (Å²) in [6.07, 6.45) is 0. The van der Waals surface area contributed by atoms with Gasteiger partial charge in [0.15, 0.2) is 16.7 Å². The third kappa shape index (κ3) is 11.7. The average Bonchev–Trinajstić information content (AvgIpc) is 1.52. The summed E-state index contributed by atoms with van der Waals surface area (Å²) in [5, 5.41) is 14.3. The van der Waals surface area contributed by atoms with Gasteiger partial charge in [-0.05, 0) is 177 Å². The number of rotatable bonds is 12. The van der Waals surface area contributed by atoms with Crippen LogP contribution >= 0.6 is 31.9 Å². The number of nitrogens with one attached hydrogen (secondary N) is 1. The minimum atomic E-state index is -0.827. The van der Waals surface area contributed by atoms with Crippen LogP contribution in [0.25, 0.3) is 132 Å². The second kappa shape index (κ2) is 30.3. The zero-order valence-electron chi connectivity index (χ0n) is 67.8. The monoisotopic (exact) mass is 1750 g/mol. The summed E-state index contributed by atoms with van der Waals surface area (Å²) in [6, 6.07) is 154. The van der Waals surface area contributed by atoms with Gasteiger partial charge in [-0.1, -0.05) is 347 Å². The Balaban J connectivity index is 0.000000134. The zero-order valence-corrected chi connectivity index (χ0v) is 70.9. The molecule has 0 saturated heterocycles. The maximum Gasteiger partial charge on any atom is 0.159 e. The summed E-state index contributed by atoms with van der Waals surface area (Å²) < 4.78 is 35.7. The van der Waals surface area contributed by atoms with Crippen molar-refractivity contribution < 1.29 is 22.1 Å². The van der Waals surface area contributed by atoms with E-state index in [-0.39, 0.29) is 0 Å². The first-order chi connectivity index (χ1) is 62.3. The molecule has 1 N–H and O–H groups in total. The van der Waals surface area contributed by atoms with E-state index in [2.05, 4.69) is 405 Å². The Labute approximate surface area is 741 Å². The van der Waals surface area contributed by atoms with Crippen LogP contribution < -0.4 is 15.1 Å². The first kappa shape index (κ1) is 74.4. The maximum atomic E-state index is 7.34. The summed E-state index contributed by atoms with van der Waals surface area (Å²) >= 11 is 7.70. The third-order valence-corrected chi connectivity index (χ3v) is 26.5. The number of halogens is 2. The molecule has 24 aromatic rings. The molecular formula is C116H73Br2N3O5. The number of furan rings is 5. The van der Waals surface area contributed by atoms with E-state index in [1.54, 1.807) is 0 Å². The molecule has 0 unspecified atom stereocenters. The van der Waals surface area contributed by atoms with Crippen LogP contribution in [0.1, 0.15) is 44.5 Å². The lowest BCUT2D eigenvalue weighted by Gasteiger charge is -2.35. The standard InChI is InChI=1S/C67H42N2O3.C31H18Br2O.C18H13NO/c1-5-21-43(22-6-1)67(44-23-7-2-8-24-44)54-41-47(68(45-25-9-3-10-26-45)56-34-19-32-50-48-29-13-16-36-59(48)70-64(50)56)39-40-52(54)62-55(67)42-58(63-53-31-15-18-38-61(53)72-66(62)63)69(46-27-11-4-12-28-46)57-35-20-33-51-49-30-14-17-37-60(49)71-65(51)57;32-21-15-16-22-24(17-21)31(19-9-3-1-4-10-19,20-11-5-2-6-12-20)25-18-26(33)29-23-13-7-8-14-27(23)34-30(29)28(22)25;1-2-7-13(8-3-1)19-16-11-6-10-15-14-9-4-5-12-17(14)20-18(15)16/h1-42H;1-18H;1-12,19H. The Morgan fingerprint density at radius 1 is 0.230 bits per heavy atom. The number of anilines is 8. The fourth-order valence-electron chi connectivity index (χ4n) is 20.2. The van der Waals surface area contributed by atoms with Crippen molar-refractivity contribution in [3.63, 3.8) is 0 Å². The summed E-state index contributed by atoms with van der Waals surface area (Å²) in [7, 11) is 0. The van der Waals surface area contributed by atoms with E-state index < -0.39 is 10.8 Å². The van der Waals surface area contributed by atoms with Crippen molar-refractivity contribution in [2.75, 3.05) is 15.1 Å². The van der Waals surface area contributed by atoms with Crippen molar-refractivity contribution in [3.05, 3.63) is 490 Å². The van der Waals surface area contributed by atoms with E-state index in [0.29, 0.717) is 0 Å². The van der Waals surface area contributed by atoms with Crippen molar-refractivity contribution in [3.8, 4) is 22.3 Å². The molecule has 0 fully saturated rings. The van der Waals surface area contributed by atoms with Crippen LogP contribution in [-0.2, 0) is 10.8 Å². The van der Waals surface area contributed by atoms with Crippen molar-refractivity contribution in [2.24, 2.45) is 0 Å². The fourth-order valence-corrected chi connectivity index (χ4v) is 21.2. The van der Waals surface area contributed by atoms with E-state index in [4.69, 9.17) is 22.1 Å². The summed E-state index contributed by atoms with van der Waals surface area (Å²) in [4.78, 5) is 4.73. The Kier molecular flexibility index (Phi) is 17.9. The molecule has 0 radical (unpaired) electrons. The predicted octanol–water partition coefficient (Wildman–Crippen LogP) is 33.5. The molecule has 0 bridgehead atoms. The molecule has 19 aromatic carbocycles. The maximum absolute atomic E-state index is 7.34. The molecule has 8 nitrogen and oxygen atoms in total. The normalized spacial score (nSPS) is 12.8. The molecule has 2 aliphatic rings. The van der Waals surface area contributed by atoms with E-state index in [1.165, 1.54) is 33.4 Å². The molecule has 2 aliphatic carbocycles. The van der Waals surface area contributed by atoms with Gasteiger partial charge in [0.2, 0.25) is 0 Å². The van der Waals surface area contributed by atoms with Crippen LogP contribution in [0.15, 0.2) is 468 Å². The molecular weight excluding hydrogens is 1680 g/mol. The van der Waals surface area contributed by atoms with Crippen LogP contribution in [0, 0.1) is 0 Å². The van der Waals surface area contributed by atoms with Gasteiger partial charge in [-0.15, -0.1) is 0 Å². The van der Waals surface area contributed by atoms with Gasteiger partial charge in [0.1, 0.15) is 39.1 Å². The molecule has 0 spiro atoms. The van der Waals surface area contributed by atoms with Crippen LogP contribution in [0.2, 0.25) is 0 Å². The van der Waals surface area contributed by atoms with E-state index in [1.807, 2.05) is 78.9 Å². The lowest BCUT2D eigenvalue weighted by Crippen LogP contribution is -2.29. The first-order valence-corrected chi connectivity index (χ1v) is 44.0. The highest BCUT2D eigenvalue weighted by Gasteiger charge is 2.51. The molecule has 0 saturated carbocycles. The van der Waals surface area contributed by atoms with Crippen molar-refractivity contribution in [1.82, 2.24) is 0 Å². The molecule has 0 aliphatic heterocycles. The number of hydrogen-bond donors (Lipinski definition) is 1. The van der Waals surface area contributed by atoms with Gasteiger partial charge in [0.05, 0.1) is 39.0 Å². The molecule has 5 heterocycles. The molecule has 10 heteroatoms. The number of nitrogens with zero attached hydrogens (tertiary/aromatic N) is 2. The van der Waals surface area contributed by atoms with E-state index >= 15 is 0 Å². The molecule has 5 aromatic heterocycles. The van der Waals surface area contributed by atoms with Crippen LogP contribution in [0.5, 0.6) is 0 Å². The predicted molar refractivity (Wildman–Crippen MR) is 525 cm³/mol. The minimum Gasteiger partial charge on any atom is -0.455 e. The largest absolute Gasteiger partial charge is 0.455 e. The highest BCUT2D eigenvalue weighted by Crippen LogP contribution is 2.64. The highest BCUT2D eigenvalue weighted by molar-refractivity contribution is 9.11. The van der Waals surface area contributed by atoms with Gasteiger partial charge < -0.3 is 37.2 Å². The number of benzene rings is 19. The number of fused-ring (bicyclic) bond motifs is 23. The Morgan fingerprint density at radius 3 is 1.07 bits per heavy atom. The lowest BCUT2D eigenvalue weighted by molar-refractivity contribution is 0.667. The first-order valence-electron chi connectivity index (χ1n) is 42.4. The average molecular weight is 1750 g/mol. The van der Waals surface area contributed by atoms with Crippen molar-refractivity contribution in [2.45, 2.75) is 10.8 Å². The van der Waals surface area contributed by atoms with Crippen molar-refractivity contribution in [1.29, 1.82) is 0 Å². The molecule has 0 atom stereocenters. The number of para-hydroxylation sites is 11. The molecule has 596 valence electrons. The van der Waals surface area contributed by atoms with Crippen LogP contribution in [0.3, 0.4) is 0 Å². The van der Waals surface area contributed by atoms with Gasteiger partial charge in [0.25, 0.3) is 0 Å². The minimum absolute atomic E-state index is 0.466. The van der Waals surface area contributed by atoms with E-state index in [0.717, 1.165) is 198 Å². The molecule has 0 amide bonds. The smallest absolute Gasteiger partial charge is 0.159 e.